The topological polar surface area (TPSA) is 83.8 Å². The molecule has 4 N–H and O–H groups in total. The highest BCUT2D eigenvalue weighted by Gasteiger charge is 2.25. The number of nitrogens with two attached hydrogens (primary N) is 1. The van der Waals surface area contributed by atoms with Crippen molar-refractivity contribution < 1.29 is 4.79 Å². The fraction of sp³-hybridized carbons (Fsp3) is 0.375. The molecule has 1 aliphatic rings. The van der Waals surface area contributed by atoms with Crippen LogP contribution in [0.25, 0.3) is 11.3 Å². The summed E-state index contributed by atoms with van der Waals surface area (Å²) in [5.41, 5.74) is 8.83. The fourth-order valence-electron chi connectivity index (χ4n) is 2.92. The summed E-state index contributed by atoms with van der Waals surface area (Å²) in [6.07, 6.45) is 5.47. The maximum Gasteiger partial charge on any atom is 0.224 e. The van der Waals surface area contributed by atoms with Crippen molar-refractivity contribution in [3.63, 3.8) is 0 Å². The van der Waals surface area contributed by atoms with Crippen LogP contribution in [0, 0.1) is 5.92 Å². The highest BCUT2D eigenvalue weighted by atomic mass is 16.1. The molecule has 2 aromatic rings. The van der Waals surface area contributed by atoms with E-state index < -0.39 is 0 Å². The molecule has 0 saturated heterocycles. The normalized spacial score (nSPS) is 21.4. The molecular formula is C16H20N4O. The molecule has 0 aliphatic heterocycles. The zero-order valence-electron chi connectivity index (χ0n) is 11.9. The van der Waals surface area contributed by atoms with E-state index in [-0.39, 0.29) is 11.9 Å². The molecule has 1 fully saturated rings. The standard InChI is InChI=1S/C16H20N4O/c17-14-3-1-2-12(14)10-16(21)19-13-6-4-11(5-7-13)15-8-9-18-20-15/h4-9,12,14H,1-3,10,17H2,(H,18,20)(H,19,21)/t12-,14+/m0/s1. The molecule has 1 amide bonds. The van der Waals surface area contributed by atoms with Crippen LogP contribution in [0.15, 0.2) is 36.5 Å². The minimum absolute atomic E-state index is 0.0478. The Balaban J connectivity index is 1.58. The van der Waals surface area contributed by atoms with Gasteiger partial charge in [0.05, 0.1) is 5.69 Å². The molecule has 0 spiro atoms. The predicted molar refractivity (Wildman–Crippen MR) is 82.6 cm³/mol. The third-order valence-electron chi connectivity index (χ3n) is 4.15. The predicted octanol–water partition coefficient (Wildman–Crippen LogP) is 2.53. The molecule has 0 unspecified atom stereocenters. The highest BCUT2D eigenvalue weighted by molar-refractivity contribution is 5.91. The summed E-state index contributed by atoms with van der Waals surface area (Å²) in [6, 6.07) is 9.83. The first kappa shape index (κ1) is 13.8. The summed E-state index contributed by atoms with van der Waals surface area (Å²) in [6.45, 7) is 0. The lowest BCUT2D eigenvalue weighted by Gasteiger charge is -2.14. The van der Waals surface area contributed by atoms with Crippen LogP contribution in [0.3, 0.4) is 0 Å². The van der Waals surface area contributed by atoms with Crippen LogP contribution in [0.2, 0.25) is 0 Å². The quantitative estimate of drug-likeness (QED) is 0.806. The summed E-state index contributed by atoms with van der Waals surface area (Å²) in [5, 5.41) is 9.78. The molecule has 2 atom stereocenters. The van der Waals surface area contributed by atoms with E-state index in [1.165, 1.54) is 0 Å². The first-order valence-electron chi connectivity index (χ1n) is 7.37. The third kappa shape index (κ3) is 3.31. The van der Waals surface area contributed by atoms with Crippen LogP contribution >= 0.6 is 0 Å². The number of carbonyl (C=O) groups excluding carboxylic acids is 1. The van der Waals surface area contributed by atoms with Gasteiger partial charge >= 0.3 is 0 Å². The average Bonchev–Trinajstić information content (AvgIpc) is 3.12. The van der Waals surface area contributed by atoms with Gasteiger partial charge in [-0.2, -0.15) is 5.10 Å². The Morgan fingerprint density at radius 2 is 2.10 bits per heavy atom. The minimum Gasteiger partial charge on any atom is -0.327 e. The smallest absolute Gasteiger partial charge is 0.224 e. The number of hydrogen-bond donors (Lipinski definition) is 3. The van der Waals surface area contributed by atoms with E-state index in [1.54, 1.807) is 6.20 Å². The summed E-state index contributed by atoms with van der Waals surface area (Å²) >= 11 is 0. The van der Waals surface area contributed by atoms with Crippen LogP contribution in [-0.4, -0.2) is 22.1 Å². The van der Waals surface area contributed by atoms with Crippen molar-refractivity contribution in [3.8, 4) is 11.3 Å². The number of carbonyl (C=O) groups is 1. The van der Waals surface area contributed by atoms with E-state index in [9.17, 15) is 4.79 Å². The molecule has 3 rings (SSSR count). The van der Waals surface area contributed by atoms with Crippen molar-refractivity contribution in [1.82, 2.24) is 10.2 Å². The van der Waals surface area contributed by atoms with Gasteiger partial charge in [0, 0.05) is 24.3 Å². The van der Waals surface area contributed by atoms with E-state index in [0.29, 0.717) is 12.3 Å². The molecule has 110 valence electrons. The largest absolute Gasteiger partial charge is 0.327 e. The SMILES string of the molecule is N[C@@H]1CCC[C@H]1CC(=O)Nc1ccc(-c2ccn[nH]2)cc1. The molecule has 5 heteroatoms. The lowest BCUT2D eigenvalue weighted by Crippen LogP contribution is -2.28. The van der Waals surface area contributed by atoms with Gasteiger partial charge in [0.1, 0.15) is 0 Å². The number of nitrogens with one attached hydrogen (secondary N) is 2. The van der Waals surface area contributed by atoms with Crippen molar-refractivity contribution in [2.45, 2.75) is 31.7 Å². The highest BCUT2D eigenvalue weighted by Crippen LogP contribution is 2.27. The summed E-state index contributed by atoms with van der Waals surface area (Å²) in [4.78, 5) is 12.0. The van der Waals surface area contributed by atoms with Crippen molar-refractivity contribution >= 4 is 11.6 Å². The van der Waals surface area contributed by atoms with Crippen molar-refractivity contribution in [3.05, 3.63) is 36.5 Å². The molecule has 1 aliphatic carbocycles. The number of amides is 1. The van der Waals surface area contributed by atoms with E-state index >= 15 is 0 Å². The van der Waals surface area contributed by atoms with Crippen LogP contribution in [0.5, 0.6) is 0 Å². The summed E-state index contributed by atoms with van der Waals surface area (Å²) < 4.78 is 0. The van der Waals surface area contributed by atoms with Gasteiger partial charge in [-0.1, -0.05) is 18.6 Å². The van der Waals surface area contributed by atoms with E-state index in [1.807, 2.05) is 30.3 Å². The zero-order chi connectivity index (χ0) is 14.7. The number of aromatic nitrogens is 2. The summed E-state index contributed by atoms with van der Waals surface area (Å²) in [5.74, 6) is 0.376. The molecular weight excluding hydrogens is 264 g/mol. The minimum atomic E-state index is 0.0478. The van der Waals surface area contributed by atoms with Crippen LogP contribution in [0.4, 0.5) is 5.69 Å². The lowest BCUT2D eigenvalue weighted by molar-refractivity contribution is -0.117. The monoisotopic (exact) mass is 284 g/mol. The van der Waals surface area contributed by atoms with Crippen molar-refractivity contribution in [2.75, 3.05) is 5.32 Å². The Hall–Kier alpha value is -2.14. The van der Waals surface area contributed by atoms with Gasteiger partial charge in [0.25, 0.3) is 0 Å². The molecule has 21 heavy (non-hydrogen) atoms. The Morgan fingerprint density at radius 3 is 2.71 bits per heavy atom. The molecule has 1 saturated carbocycles. The Bertz CT molecular complexity index is 591. The van der Waals surface area contributed by atoms with E-state index in [2.05, 4.69) is 15.5 Å². The fourth-order valence-corrected chi connectivity index (χ4v) is 2.92. The number of hydrogen-bond acceptors (Lipinski definition) is 3. The van der Waals surface area contributed by atoms with Crippen LogP contribution in [0.1, 0.15) is 25.7 Å². The number of aromatic amines is 1. The van der Waals surface area contributed by atoms with Gasteiger partial charge in [-0.05, 0) is 42.5 Å². The Morgan fingerprint density at radius 1 is 1.29 bits per heavy atom. The molecule has 0 radical (unpaired) electrons. The van der Waals surface area contributed by atoms with Crippen LogP contribution in [-0.2, 0) is 4.79 Å². The lowest BCUT2D eigenvalue weighted by atomic mass is 10.00. The Kier molecular flexibility index (Phi) is 4.01. The molecule has 1 aromatic carbocycles. The maximum atomic E-state index is 12.0. The third-order valence-corrected chi connectivity index (χ3v) is 4.15. The van der Waals surface area contributed by atoms with E-state index in [0.717, 1.165) is 36.2 Å². The first-order valence-corrected chi connectivity index (χ1v) is 7.37. The molecule has 0 bridgehead atoms. The van der Waals surface area contributed by atoms with Gasteiger partial charge in [0.15, 0.2) is 0 Å². The number of H-pyrrole nitrogens is 1. The van der Waals surface area contributed by atoms with Gasteiger partial charge in [0.2, 0.25) is 5.91 Å². The molecule has 1 aromatic heterocycles. The van der Waals surface area contributed by atoms with Gasteiger partial charge in [-0.3, -0.25) is 9.89 Å². The first-order chi connectivity index (χ1) is 10.2. The second-order valence-electron chi connectivity index (χ2n) is 5.65. The Labute approximate surface area is 123 Å². The maximum absolute atomic E-state index is 12.0. The number of rotatable bonds is 4. The van der Waals surface area contributed by atoms with Crippen molar-refractivity contribution in [1.29, 1.82) is 0 Å². The second-order valence-corrected chi connectivity index (χ2v) is 5.65. The van der Waals surface area contributed by atoms with Crippen molar-refractivity contribution in [2.24, 2.45) is 11.7 Å². The summed E-state index contributed by atoms with van der Waals surface area (Å²) in [7, 11) is 0. The number of anilines is 1. The van der Waals surface area contributed by atoms with Gasteiger partial charge in [-0.25, -0.2) is 0 Å². The number of nitrogens with zero attached hydrogens (tertiary/aromatic N) is 1. The molecule has 1 heterocycles. The van der Waals surface area contributed by atoms with Gasteiger partial charge < -0.3 is 11.1 Å². The second kappa shape index (κ2) is 6.10. The van der Waals surface area contributed by atoms with Gasteiger partial charge in [-0.15, -0.1) is 0 Å². The average molecular weight is 284 g/mol. The van der Waals surface area contributed by atoms with Crippen LogP contribution < -0.4 is 11.1 Å². The zero-order valence-corrected chi connectivity index (χ0v) is 11.9. The van der Waals surface area contributed by atoms with E-state index in [4.69, 9.17) is 5.73 Å². The molecule has 5 nitrogen and oxygen atoms in total. The number of benzene rings is 1.